The van der Waals surface area contributed by atoms with E-state index in [1.807, 2.05) is 18.2 Å². The van der Waals surface area contributed by atoms with Crippen LogP contribution in [-0.2, 0) is 6.54 Å². The SMILES string of the molecule is COc1ccc(CNC(=S)N[C@@H]2CCCC[C@H]2C)cc1OC. The number of methoxy groups -OCH3 is 2. The van der Waals surface area contributed by atoms with Crippen LogP contribution in [0.4, 0.5) is 0 Å². The van der Waals surface area contributed by atoms with Crippen molar-refractivity contribution >= 4 is 17.3 Å². The molecule has 0 spiro atoms. The van der Waals surface area contributed by atoms with E-state index in [0.717, 1.165) is 22.2 Å². The molecule has 0 unspecified atom stereocenters. The maximum atomic E-state index is 5.42. The standard InChI is InChI=1S/C17H26N2O2S/c1-12-6-4-5-7-14(12)19-17(22)18-11-13-8-9-15(20-2)16(10-13)21-3/h8-10,12,14H,4-7,11H2,1-3H3,(H2,18,19,22)/t12-,14-/m1/s1. The molecule has 0 amide bonds. The first kappa shape index (κ1) is 16.9. The van der Waals surface area contributed by atoms with Crippen LogP contribution in [-0.4, -0.2) is 25.4 Å². The van der Waals surface area contributed by atoms with E-state index in [-0.39, 0.29) is 0 Å². The Bertz CT molecular complexity index is 507. The molecule has 0 aromatic heterocycles. The van der Waals surface area contributed by atoms with E-state index in [2.05, 4.69) is 17.6 Å². The topological polar surface area (TPSA) is 42.5 Å². The van der Waals surface area contributed by atoms with Gasteiger partial charge >= 0.3 is 0 Å². The van der Waals surface area contributed by atoms with Crippen molar-refractivity contribution in [3.8, 4) is 11.5 Å². The molecule has 122 valence electrons. The first-order valence-corrected chi connectivity index (χ1v) is 8.30. The Morgan fingerprint density at radius 3 is 2.59 bits per heavy atom. The van der Waals surface area contributed by atoms with Crippen molar-refractivity contribution in [1.29, 1.82) is 0 Å². The summed E-state index contributed by atoms with van der Waals surface area (Å²) in [5.41, 5.74) is 1.11. The molecule has 0 radical (unpaired) electrons. The minimum absolute atomic E-state index is 0.499. The van der Waals surface area contributed by atoms with Crippen molar-refractivity contribution in [2.45, 2.75) is 45.2 Å². The summed E-state index contributed by atoms with van der Waals surface area (Å²) < 4.78 is 10.6. The van der Waals surface area contributed by atoms with E-state index in [1.165, 1.54) is 25.7 Å². The lowest BCUT2D eigenvalue weighted by atomic mass is 9.86. The van der Waals surface area contributed by atoms with Gasteiger partial charge in [-0.25, -0.2) is 0 Å². The molecule has 22 heavy (non-hydrogen) atoms. The predicted octanol–water partition coefficient (Wildman–Crippen LogP) is 3.25. The average molecular weight is 322 g/mol. The van der Waals surface area contributed by atoms with E-state index in [1.54, 1.807) is 14.2 Å². The predicted molar refractivity (Wildman–Crippen MR) is 93.5 cm³/mol. The number of hydrogen-bond donors (Lipinski definition) is 2. The third-order valence-electron chi connectivity index (χ3n) is 4.33. The van der Waals surface area contributed by atoms with Crippen LogP contribution >= 0.6 is 12.2 Å². The zero-order valence-corrected chi connectivity index (χ0v) is 14.5. The lowest BCUT2D eigenvalue weighted by molar-refractivity contribution is 0.308. The van der Waals surface area contributed by atoms with Gasteiger partial charge in [-0.15, -0.1) is 0 Å². The second kappa shape index (κ2) is 8.22. The molecule has 1 fully saturated rings. The summed E-state index contributed by atoms with van der Waals surface area (Å²) in [6.07, 6.45) is 5.13. The van der Waals surface area contributed by atoms with E-state index in [4.69, 9.17) is 21.7 Å². The second-order valence-corrected chi connectivity index (χ2v) is 6.29. The van der Waals surface area contributed by atoms with Crippen molar-refractivity contribution in [3.05, 3.63) is 23.8 Å². The number of nitrogens with one attached hydrogen (secondary N) is 2. The van der Waals surface area contributed by atoms with Crippen LogP contribution in [0.25, 0.3) is 0 Å². The Balaban J connectivity index is 1.85. The fourth-order valence-corrected chi connectivity index (χ4v) is 3.15. The Morgan fingerprint density at radius 1 is 1.18 bits per heavy atom. The van der Waals surface area contributed by atoms with Crippen molar-refractivity contribution in [2.24, 2.45) is 5.92 Å². The molecule has 5 heteroatoms. The molecule has 2 atom stereocenters. The highest BCUT2D eigenvalue weighted by Gasteiger charge is 2.21. The maximum Gasteiger partial charge on any atom is 0.166 e. The summed E-state index contributed by atoms with van der Waals surface area (Å²) in [4.78, 5) is 0. The monoisotopic (exact) mass is 322 g/mol. The highest BCUT2D eigenvalue weighted by atomic mass is 32.1. The van der Waals surface area contributed by atoms with Crippen molar-refractivity contribution in [2.75, 3.05) is 14.2 Å². The summed E-state index contributed by atoms with van der Waals surface area (Å²) in [6, 6.07) is 6.40. The number of thiocarbonyl (C=S) groups is 1. The maximum absolute atomic E-state index is 5.42. The second-order valence-electron chi connectivity index (χ2n) is 5.88. The van der Waals surface area contributed by atoms with Crippen LogP contribution in [0.5, 0.6) is 11.5 Å². The lowest BCUT2D eigenvalue weighted by Crippen LogP contribution is -2.45. The fraction of sp³-hybridized carbons (Fsp3) is 0.588. The summed E-state index contributed by atoms with van der Waals surface area (Å²) in [5.74, 6) is 2.17. The van der Waals surface area contributed by atoms with Crippen molar-refractivity contribution in [3.63, 3.8) is 0 Å². The van der Waals surface area contributed by atoms with E-state index in [0.29, 0.717) is 18.5 Å². The van der Waals surface area contributed by atoms with Crippen LogP contribution in [0.1, 0.15) is 38.2 Å². The van der Waals surface area contributed by atoms with Crippen LogP contribution in [0.15, 0.2) is 18.2 Å². The van der Waals surface area contributed by atoms with Gasteiger partial charge in [0.05, 0.1) is 14.2 Å². The Morgan fingerprint density at radius 2 is 1.91 bits per heavy atom. The molecule has 0 aliphatic heterocycles. The van der Waals surface area contributed by atoms with E-state index in [9.17, 15) is 0 Å². The molecule has 1 aliphatic carbocycles. The normalized spacial score (nSPS) is 21.0. The Kier molecular flexibility index (Phi) is 6.31. The van der Waals surface area contributed by atoms with Gasteiger partial charge in [-0.3, -0.25) is 0 Å². The highest BCUT2D eigenvalue weighted by Crippen LogP contribution is 2.27. The fourth-order valence-electron chi connectivity index (χ4n) is 2.92. The molecule has 0 bridgehead atoms. The molecular formula is C17H26N2O2S. The van der Waals surface area contributed by atoms with Gasteiger partial charge in [0, 0.05) is 12.6 Å². The zero-order valence-electron chi connectivity index (χ0n) is 13.6. The summed E-state index contributed by atoms with van der Waals surface area (Å²) in [6.45, 7) is 2.97. The molecule has 0 saturated heterocycles. The first-order valence-electron chi connectivity index (χ1n) is 7.89. The van der Waals surface area contributed by atoms with E-state index < -0.39 is 0 Å². The first-order chi connectivity index (χ1) is 10.6. The molecule has 2 rings (SSSR count). The minimum atomic E-state index is 0.499. The minimum Gasteiger partial charge on any atom is -0.493 e. The number of ether oxygens (including phenoxy) is 2. The summed E-state index contributed by atoms with van der Waals surface area (Å²) in [5, 5.41) is 7.46. The molecule has 2 N–H and O–H groups in total. The lowest BCUT2D eigenvalue weighted by Gasteiger charge is -2.30. The smallest absolute Gasteiger partial charge is 0.166 e. The zero-order chi connectivity index (χ0) is 15.9. The van der Waals surface area contributed by atoms with Gasteiger partial charge in [0.1, 0.15) is 0 Å². The van der Waals surface area contributed by atoms with Crippen molar-refractivity contribution < 1.29 is 9.47 Å². The Hall–Kier alpha value is -1.49. The third-order valence-corrected chi connectivity index (χ3v) is 4.59. The molecule has 4 nitrogen and oxygen atoms in total. The molecule has 1 aromatic rings. The largest absolute Gasteiger partial charge is 0.493 e. The molecule has 1 aliphatic rings. The summed E-state index contributed by atoms with van der Waals surface area (Å²) >= 11 is 5.42. The van der Waals surface area contributed by atoms with Gasteiger partial charge in [-0.2, -0.15) is 0 Å². The molecule has 1 aromatic carbocycles. The van der Waals surface area contributed by atoms with Gasteiger partial charge in [-0.1, -0.05) is 25.8 Å². The van der Waals surface area contributed by atoms with Crippen LogP contribution < -0.4 is 20.1 Å². The number of benzene rings is 1. The van der Waals surface area contributed by atoms with E-state index >= 15 is 0 Å². The average Bonchev–Trinajstić information content (AvgIpc) is 2.54. The van der Waals surface area contributed by atoms with Crippen LogP contribution in [0.3, 0.4) is 0 Å². The van der Waals surface area contributed by atoms with Gasteiger partial charge in [0.25, 0.3) is 0 Å². The molecule has 0 heterocycles. The van der Waals surface area contributed by atoms with Gasteiger partial charge < -0.3 is 20.1 Å². The van der Waals surface area contributed by atoms with Gasteiger partial charge in [0.15, 0.2) is 16.6 Å². The number of hydrogen-bond acceptors (Lipinski definition) is 3. The van der Waals surface area contributed by atoms with Gasteiger partial charge in [0.2, 0.25) is 0 Å². The quantitative estimate of drug-likeness (QED) is 0.815. The third kappa shape index (κ3) is 4.50. The highest BCUT2D eigenvalue weighted by molar-refractivity contribution is 7.80. The molecule has 1 saturated carbocycles. The summed E-state index contributed by atoms with van der Waals surface area (Å²) in [7, 11) is 3.28. The van der Waals surface area contributed by atoms with Gasteiger partial charge in [-0.05, 0) is 48.7 Å². The van der Waals surface area contributed by atoms with Crippen LogP contribution in [0.2, 0.25) is 0 Å². The Labute approximate surface area is 138 Å². The number of rotatable bonds is 5. The van der Waals surface area contributed by atoms with Crippen molar-refractivity contribution in [1.82, 2.24) is 10.6 Å². The molecular weight excluding hydrogens is 296 g/mol. The van der Waals surface area contributed by atoms with Crippen LogP contribution in [0, 0.1) is 5.92 Å².